The molecule has 1 fully saturated rings. The second-order valence-electron chi connectivity index (χ2n) is 10.9. The minimum atomic E-state index is -0.0398. The molecule has 0 spiro atoms. The molecule has 3 aromatic rings. The highest BCUT2D eigenvalue weighted by Crippen LogP contribution is 2.42. The van der Waals surface area contributed by atoms with E-state index in [2.05, 4.69) is 11.9 Å². The van der Waals surface area contributed by atoms with Gasteiger partial charge in [-0.15, -0.1) is 0 Å². The summed E-state index contributed by atoms with van der Waals surface area (Å²) in [6, 6.07) is 24.0. The van der Waals surface area contributed by atoms with Crippen LogP contribution in [-0.4, -0.2) is 36.2 Å². The van der Waals surface area contributed by atoms with Crippen molar-refractivity contribution in [2.24, 2.45) is 0 Å². The molecule has 0 radical (unpaired) electrons. The van der Waals surface area contributed by atoms with Gasteiger partial charge in [0.15, 0.2) is 5.78 Å². The van der Waals surface area contributed by atoms with Crippen molar-refractivity contribution in [2.45, 2.75) is 68.8 Å². The molecule has 1 amide bonds. The zero-order chi connectivity index (χ0) is 27.9. The topological polar surface area (TPSA) is 40.6 Å². The fourth-order valence-corrected chi connectivity index (χ4v) is 6.92. The van der Waals surface area contributed by atoms with Crippen LogP contribution >= 0.6 is 23.4 Å². The van der Waals surface area contributed by atoms with Crippen molar-refractivity contribution in [1.29, 1.82) is 0 Å². The first-order chi connectivity index (χ1) is 19.5. The third-order valence-corrected chi connectivity index (χ3v) is 9.27. The summed E-state index contributed by atoms with van der Waals surface area (Å²) in [5.74, 6) is 0.145. The van der Waals surface area contributed by atoms with Crippen LogP contribution in [-0.2, 0) is 11.3 Å². The average molecular weight is 573 g/mol. The monoisotopic (exact) mass is 572 g/mol. The zero-order valence-corrected chi connectivity index (χ0v) is 24.7. The number of benzene rings is 3. The predicted molar refractivity (Wildman–Crippen MR) is 167 cm³/mol. The number of hydrogen-bond donors (Lipinski definition) is 0. The molecule has 0 aromatic heterocycles. The van der Waals surface area contributed by atoms with Gasteiger partial charge in [-0.3, -0.25) is 9.59 Å². The van der Waals surface area contributed by atoms with Gasteiger partial charge in [0.2, 0.25) is 0 Å². The molecule has 0 atom stereocenters. The van der Waals surface area contributed by atoms with Crippen molar-refractivity contribution in [3.63, 3.8) is 0 Å². The molecular weight excluding hydrogens is 536 g/mol. The standard InChI is InChI=1S/C34H37ClN2O2S/c1-36(29-12-3-2-4-13-29)21-8-7-15-31(38)27-19-17-25(18-20-27)23-33-34(39)37(24-26-10-9-11-28(35)22-26)30-14-5-6-16-32(30)40-33/h5-6,9-11,14,16-20,22-23,29H,2-4,7-8,12-13,15,21,24H2,1H3/b33-23+. The van der Waals surface area contributed by atoms with Crippen LogP contribution in [0.4, 0.5) is 5.69 Å². The number of ketones is 1. The molecular formula is C34H37ClN2O2S. The summed E-state index contributed by atoms with van der Waals surface area (Å²) in [6.45, 7) is 1.51. The van der Waals surface area contributed by atoms with Crippen molar-refractivity contribution in [3.8, 4) is 0 Å². The largest absolute Gasteiger partial charge is 0.303 e. The highest BCUT2D eigenvalue weighted by atomic mass is 35.5. The molecule has 4 nitrogen and oxygen atoms in total. The summed E-state index contributed by atoms with van der Waals surface area (Å²) < 4.78 is 0. The van der Waals surface area contributed by atoms with Crippen LogP contribution in [0.3, 0.4) is 0 Å². The number of hydrogen-bond acceptors (Lipinski definition) is 4. The summed E-state index contributed by atoms with van der Waals surface area (Å²) >= 11 is 7.69. The molecule has 3 aromatic carbocycles. The molecule has 0 bridgehead atoms. The molecule has 1 aliphatic heterocycles. The van der Waals surface area contributed by atoms with Crippen molar-refractivity contribution in [2.75, 3.05) is 18.5 Å². The van der Waals surface area contributed by atoms with E-state index in [9.17, 15) is 9.59 Å². The van der Waals surface area contributed by atoms with Crippen LogP contribution in [0.25, 0.3) is 6.08 Å². The zero-order valence-electron chi connectivity index (χ0n) is 23.2. The maximum atomic E-state index is 13.6. The number of carbonyl (C=O) groups excluding carboxylic acids is 2. The highest BCUT2D eigenvalue weighted by Gasteiger charge is 2.29. The number of carbonyl (C=O) groups is 2. The normalized spacial score (nSPS) is 16.9. The Labute approximate surface area is 247 Å². The van der Waals surface area contributed by atoms with Crippen LogP contribution in [0.5, 0.6) is 0 Å². The highest BCUT2D eigenvalue weighted by molar-refractivity contribution is 8.04. The van der Waals surface area contributed by atoms with E-state index in [1.807, 2.05) is 83.8 Å². The number of nitrogens with zero attached hydrogens (tertiary/aromatic N) is 2. The minimum absolute atomic E-state index is 0.0398. The Bertz CT molecular complexity index is 1360. The average Bonchev–Trinajstić information content (AvgIpc) is 2.98. The van der Waals surface area contributed by atoms with Crippen molar-refractivity contribution >= 4 is 46.8 Å². The lowest BCUT2D eigenvalue weighted by molar-refractivity contribution is -0.114. The molecule has 6 heteroatoms. The number of para-hydroxylation sites is 1. The maximum absolute atomic E-state index is 13.6. The number of rotatable bonds is 10. The Hall–Kier alpha value is -2.86. The van der Waals surface area contributed by atoms with Crippen LogP contribution < -0.4 is 4.90 Å². The Balaban J connectivity index is 1.21. The smallest absolute Gasteiger partial charge is 0.265 e. The predicted octanol–water partition coefficient (Wildman–Crippen LogP) is 8.64. The summed E-state index contributed by atoms with van der Waals surface area (Å²) in [5.41, 5.74) is 3.52. The molecule has 1 saturated carbocycles. The van der Waals surface area contributed by atoms with Gasteiger partial charge in [-0.2, -0.15) is 0 Å². The van der Waals surface area contributed by atoms with E-state index in [0.717, 1.165) is 52.7 Å². The van der Waals surface area contributed by atoms with Gasteiger partial charge in [0.25, 0.3) is 5.91 Å². The van der Waals surface area contributed by atoms with Crippen molar-refractivity contribution < 1.29 is 9.59 Å². The first-order valence-electron chi connectivity index (χ1n) is 14.4. The van der Waals surface area contributed by atoms with Gasteiger partial charge in [-0.1, -0.05) is 91.2 Å². The fraction of sp³-hybridized carbons (Fsp3) is 0.353. The number of Topliss-reactive ketones (excluding diaryl/α,β-unsaturated/α-hetero) is 1. The summed E-state index contributed by atoms with van der Waals surface area (Å²) in [4.78, 5) is 32.4. The lowest BCUT2D eigenvalue weighted by Gasteiger charge is -2.31. The molecule has 1 heterocycles. The molecule has 0 saturated heterocycles. The van der Waals surface area contributed by atoms with Gasteiger partial charge < -0.3 is 9.80 Å². The molecule has 5 rings (SSSR count). The Morgan fingerprint density at radius 1 is 1.00 bits per heavy atom. The fourth-order valence-electron chi connectivity index (χ4n) is 5.65. The lowest BCUT2D eigenvalue weighted by Crippen LogP contribution is -2.34. The van der Waals surface area contributed by atoms with E-state index in [1.165, 1.54) is 43.9 Å². The number of thioether (sulfide) groups is 1. The van der Waals surface area contributed by atoms with Crippen LogP contribution in [0.1, 0.15) is 72.9 Å². The van der Waals surface area contributed by atoms with E-state index in [-0.39, 0.29) is 11.7 Å². The van der Waals surface area contributed by atoms with E-state index in [0.29, 0.717) is 22.9 Å². The quantitative estimate of drug-likeness (QED) is 0.138. The first-order valence-corrected chi connectivity index (χ1v) is 15.6. The number of fused-ring (bicyclic) bond motifs is 1. The van der Waals surface area contributed by atoms with Gasteiger partial charge in [0, 0.05) is 27.9 Å². The molecule has 0 unspecified atom stereocenters. The second-order valence-corrected chi connectivity index (χ2v) is 12.4. The SMILES string of the molecule is CN(CCCCC(=O)c1ccc(/C=C2/Sc3ccccc3N(Cc3cccc(Cl)c3)C2=O)cc1)C1CCCCC1. The Morgan fingerprint density at radius 3 is 2.55 bits per heavy atom. The number of amides is 1. The third kappa shape index (κ3) is 7.25. The van der Waals surface area contributed by atoms with Crippen LogP contribution in [0.2, 0.25) is 5.02 Å². The molecule has 40 heavy (non-hydrogen) atoms. The molecule has 2 aliphatic rings. The van der Waals surface area contributed by atoms with Crippen molar-refractivity contribution in [1.82, 2.24) is 4.90 Å². The molecule has 0 N–H and O–H groups in total. The molecule has 1 aliphatic carbocycles. The summed E-state index contributed by atoms with van der Waals surface area (Å²) in [6.07, 6.45) is 11.2. The number of halogens is 1. The summed E-state index contributed by atoms with van der Waals surface area (Å²) in [5, 5.41) is 0.654. The van der Waals surface area contributed by atoms with Crippen molar-refractivity contribution in [3.05, 3.63) is 99.4 Å². The van der Waals surface area contributed by atoms with Gasteiger partial charge in [0.05, 0.1) is 17.1 Å². The number of anilines is 1. The number of unbranched alkanes of at least 4 members (excludes halogenated alkanes) is 1. The van der Waals surface area contributed by atoms with Gasteiger partial charge in [-0.05, 0) is 80.7 Å². The Kier molecular flexibility index (Phi) is 9.79. The maximum Gasteiger partial charge on any atom is 0.265 e. The van der Waals surface area contributed by atoms with E-state index in [1.54, 1.807) is 0 Å². The minimum Gasteiger partial charge on any atom is -0.303 e. The first kappa shape index (κ1) is 28.7. The third-order valence-electron chi connectivity index (χ3n) is 7.95. The lowest BCUT2D eigenvalue weighted by atomic mass is 9.94. The van der Waals surface area contributed by atoms with Gasteiger partial charge in [-0.25, -0.2) is 0 Å². The van der Waals surface area contributed by atoms with Crippen LogP contribution in [0, 0.1) is 0 Å². The second kappa shape index (κ2) is 13.7. The van der Waals surface area contributed by atoms with Gasteiger partial charge in [0.1, 0.15) is 0 Å². The van der Waals surface area contributed by atoms with E-state index < -0.39 is 0 Å². The van der Waals surface area contributed by atoms with Crippen LogP contribution in [0.15, 0.2) is 82.6 Å². The Morgan fingerprint density at radius 2 is 1.77 bits per heavy atom. The van der Waals surface area contributed by atoms with E-state index >= 15 is 0 Å². The summed E-state index contributed by atoms with van der Waals surface area (Å²) in [7, 11) is 2.23. The van der Waals surface area contributed by atoms with Gasteiger partial charge >= 0.3 is 0 Å². The van der Waals surface area contributed by atoms with E-state index in [4.69, 9.17) is 11.6 Å². The molecule has 208 valence electrons.